The van der Waals surface area contributed by atoms with Crippen molar-refractivity contribution < 1.29 is 4.39 Å². The second-order valence-electron chi connectivity index (χ2n) is 4.43. The number of hydrogen-bond acceptors (Lipinski definition) is 1. The minimum atomic E-state index is -0.384. The summed E-state index contributed by atoms with van der Waals surface area (Å²) in [4.78, 5) is 0. The van der Waals surface area contributed by atoms with E-state index in [4.69, 9.17) is 17.3 Å². The van der Waals surface area contributed by atoms with Gasteiger partial charge < -0.3 is 5.73 Å². The van der Waals surface area contributed by atoms with Gasteiger partial charge in [-0.3, -0.25) is 0 Å². The molecule has 0 amide bonds. The van der Waals surface area contributed by atoms with E-state index in [1.807, 2.05) is 31.2 Å². The van der Waals surface area contributed by atoms with Crippen molar-refractivity contribution in [2.45, 2.75) is 19.4 Å². The normalized spacial score (nSPS) is 12.4. The fourth-order valence-electron chi connectivity index (χ4n) is 1.96. The highest BCUT2D eigenvalue weighted by Crippen LogP contribution is 2.24. The summed E-state index contributed by atoms with van der Waals surface area (Å²) in [5, 5.41) is 0.668. The molecule has 1 nitrogen and oxygen atoms in total. The van der Waals surface area contributed by atoms with E-state index in [0.717, 1.165) is 11.1 Å². The number of nitrogens with two attached hydrogens (primary N) is 1. The van der Waals surface area contributed by atoms with Crippen LogP contribution in [0.25, 0.3) is 0 Å². The molecule has 0 aliphatic rings. The molecule has 0 aliphatic heterocycles. The van der Waals surface area contributed by atoms with Crippen LogP contribution in [0.1, 0.15) is 22.7 Å². The standard InChI is InChI=1S/C15H15ClFN/c1-10-6-7-14(17)12(8-10)15(18)9-11-4-2-3-5-13(11)16/h2-8,15H,9,18H2,1H3. The summed E-state index contributed by atoms with van der Waals surface area (Å²) in [6, 6.07) is 12.1. The lowest BCUT2D eigenvalue weighted by molar-refractivity contribution is 0.579. The van der Waals surface area contributed by atoms with Crippen LogP contribution in [-0.4, -0.2) is 0 Å². The van der Waals surface area contributed by atoms with Gasteiger partial charge in [-0.05, 0) is 31.0 Å². The summed E-state index contributed by atoms with van der Waals surface area (Å²) >= 11 is 6.08. The Morgan fingerprint density at radius 3 is 2.67 bits per heavy atom. The van der Waals surface area contributed by atoms with Crippen LogP contribution in [0.4, 0.5) is 4.39 Å². The molecule has 2 aromatic rings. The van der Waals surface area contributed by atoms with Gasteiger partial charge in [0.05, 0.1) is 0 Å². The van der Waals surface area contributed by atoms with E-state index < -0.39 is 0 Å². The molecule has 1 atom stereocenters. The van der Waals surface area contributed by atoms with Gasteiger partial charge in [-0.2, -0.15) is 0 Å². The molecule has 0 spiro atoms. The van der Waals surface area contributed by atoms with Gasteiger partial charge >= 0.3 is 0 Å². The predicted octanol–water partition coefficient (Wildman–Crippen LogP) is 4.03. The highest BCUT2D eigenvalue weighted by atomic mass is 35.5. The summed E-state index contributed by atoms with van der Waals surface area (Å²) in [5.41, 5.74) is 8.54. The van der Waals surface area contributed by atoms with Crippen molar-refractivity contribution in [3.8, 4) is 0 Å². The zero-order chi connectivity index (χ0) is 13.1. The second kappa shape index (κ2) is 5.51. The van der Waals surface area contributed by atoms with E-state index in [9.17, 15) is 4.39 Å². The lowest BCUT2D eigenvalue weighted by Crippen LogP contribution is -2.15. The average molecular weight is 264 g/mol. The molecule has 18 heavy (non-hydrogen) atoms. The highest BCUT2D eigenvalue weighted by molar-refractivity contribution is 6.31. The van der Waals surface area contributed by atoms with Crippen LogP contribution in [-0.2, 0) is 6.42 Å². The minimum absolute atomic E-state index is 0.264. The lowest BCUT2D eigenvalue weighted by atomic mass is 9.98. The Kier molecular flexibility index (Phi) is 4.00. The summed E-state index contributed by atoms with van der Waals surface area (Å²) in [7, 11) is 0. The van der Waals surface area contributed by atoms with Crippen molar-refractivity contribution in [2.24, 2.45) is 5.73 Å². The topological polar surface area (TPSA) is 26.0 Å². The van der Waals surface area contributed by atoms with Gasteiger partial charge in [0.25, 0.3) is 0 Å². The van der Waals surface area contributed by atoms with Crippen LogP contribution in [0.2, 0.25) is 5.02 Å². The molecule has 0 radical (unpaired) electrons. The Morgan fingerprint density at radius 2 is 1.94 bits per heavy atom. The molecule has 3 heteroatoms. The molecule has 94 valence electrons. The largest absolute Gasteiger partial charge is 0.324 e. The van der Waals surface area contributed by atoms with E-state index in [-0.39, 0.29) is 11.9 Å². The zero-order valence-corrected chi connectivity index (χ0v) is 10.9. The smallest absolute Gasteiger partial charge is 0.128 e. The van der Waals surface area contributed by atoms with Gasteiger partial charge in [-0.1, -0.05) is 47.5 Å². The molecule has 0 saturated carbocycles. The Bertz CT molecular complexity index is 554. The third kappa shape index (κ3) is 2.89. The van der Waals surface area contributed by atoms with E-state index in [2.05, 4.69) is 0 Å². The third-order valence-corrected chi connectivity index (χ3v) is 3.32. The van der Waals surface area contributed by atoms with Crippen molar-refractivity contribution >= 4 is 11.6 Å². The van der Waals surface area contributed by atoms with E-state index in [1.54, 1.807) is 12.1 Å². The first-order chi connectivity index (χ1) is 8.58. The first-order valence-corrected chi connectivity index (χ1v) is 6.21. The van der Waals surface area contributed by atoms with Crippen molar-refractivity contribution in [1.29, 1.82) is 0 Å². The Labute approximate surface area is 111 Å². The number of aryl methyl sites for hydroxylation is 1. The van der Waals surface area contributed by atoms with Crippen molar-refractivity contribution in [2.75, 3.05) is 0 Å². The van der Waals surface area contributed by atoms with Gasteiger partial charge in [-0.15, -0.1) is 0 Å². The predicted molar refractivity (Wildman–Crippen MR) is 73.2 cm³/mol. The maximum absolute atomic E-state index is 13.7. The van der Waals surface area contributed by atoms with Crippen LogP contribution >= 0.6 is 11.6 Å². The SMILES string of the molecule is Cc1ccc(F)c(C(N)Cc2ccccc2Cl)c1. The van der Waals surface area contributed by atoms with Gasteiger partial charge in [0.2, 0.25) is 0 Å². The van der Waals surface area contributed by atoms with Crippen molar-refractivity contribution in [1.82, 2.24) is 0 Å². The fraction of sp³-hybridized carbons (Fsp3) is 0.200. The number of halogens is 2. The molecule has 0 fully saturated rings. The summed E-state index contributed by atoms with van der Waals surface area (Å²) in [5.74, 6) is -0.264. The van der Waals surface area contributed by atoms with Crippen LogP contribution in [0.5, 0.6) is 0 Å². The molecule has 0 aliphatic carbocycles. The number of benzene rings is 2. The number of hydrogen-bond donors (Lipinski definition) is 1. The highest BCUT2D eigenvalue weighted by Gasteiger charge is 2.13. The molecule has 1 unspecified atom stereocenters. The molecular weight excluding hydrogens is 249 g/mol. The Morgan fingerprint density at radius 1 is 1.22 bits per heavy atom. The van der Waals surface area contributed by atoms with Gasteiger partial charge in [0.15, 0.2) is 0 Å². The maximum Gasteiger partial charge on any atom is 0.128 e. The van der Waals surface area contributed by atoms with Crippen LogP contribution in [0, 0.1) is 12.7 Å². The van der Waals surface area contributed by atoms with Crippen LogP contribution in [0.15, 0.2) is 42.5 Å². The van der Waals surface area contributed by atoms with Crippen molar-refractivity contribution in [3.63, 3.8) is 0 Å². The average Bonchev–Trinajstić information content (AvgIpc) is 2.35. The monoisotopic (exact) mass is 263 g/mol. The van der Waals surface area contributed by atoms with Crippen molar-refractivity contribution in [3.05, 3.63) is 70.0 Å². The Balaban J connectivity index is 2.25. The summed E-state index contributed by atoms with van der Waals surface area (Å²) < 4.78 is 13.7. The van der Waals surface area contributed by atoms with Gasteiger partial charge in [-0.25, -0.2) is 4.39 Å². The number of rotatable bonds is 3. The van der Waals surface area contributed by atoms with E-state index >= 15 is 0 Å². The third-order valence-electron chi connectivity index (χ3n) is 2.95. The molecular formula is C15H15ClFN. The molecule has 2 rings (SSSR count). The molecule has 0 aromatic heterocycles. The van der Waals surface area contributed by atoms with Gasteiger partial charge in [0.1, 0.15) is 5.82 Å². The zero-order valence-electron chi connectivity index (χ0n) is 10.2. The fourth-order valence-corrected chi connectivity index (χ4v) is 2.17. The molecule has 0 saturated heterocycles. The molecule has 2 aromatic carbocycles. The van der Waals surface area contributed by atoms with Crippen LogP contribution in [0.3, 0.4) is 0 Å². The maximum atomic E-state index is 13.7. The quantitative estimate of drug-likeness (QED) is 0.889. The molecule has 0 heterocycles. The second-order valence-corrected chi connectivity index (χ2v) is 4.83. The first-order valence-electron chi connectivity index (χ1n) is 5.83. The van der Waals surface area contributed by atoms with Crippen LogP contribution < -0.4 is 5.73 Å². The minimum Gasteiger partial charge on any atom is -0.324 e. The van der Waals surface area contributed by atoms with E-state index in [0.29, 0.717) is 17.0 Å². The lowest BCUT2D eigenvalue weighted by Gasteiger charge is -2.14. The Hall–Kier alpha value is -1.38. The summed E-state index contributed by atoms with van der Waals surface area (Å²) in [6.07, 6.45) is 0.528. The van der Waals surface area contributed by atoms with E-state index in [1.165, 1.54) is 6.07 Å². The molecule has 2 N–H and O–H groups in total. The summed E-state index contributed by atoms with van der Waals surface area (Å²) in [6.45, 7) is 1.92. The first kappa shape index (κ1) is 13.1. The van der Waals surface area contributed by atoms with Gasteiger partial charge in [0, 0.05) is 16.6 Å². The molecule has 0 bridgehead atoms.